The van der Waals surface area contributed by atoms with E-state index in [1.807, 2.05) is 60.7 Å². The molecule has 0 aliphatic rings. The van der Waals surface area contributed by atoms with E-state index in [1.165, 1.54) is 0 Å². The largest absolute Gasteiger partial charge is 0.355 e. The molecule has 7 heteroatoms. The number of hydrogen-bond donors (Lipinski definition) is 3. The molecule has 164 valence electrons. The van der Waals surface area contributed by atoms with Crippen molar-refractivity contribution in [3.8, 4) is 6.07 Å². The summed E-state index contributed by atoms with van der Waals surface area (Å²) in [5.74, 6) is 0. The molecule has 5 aromatic rings. The molecule has 0 spiro atoms. The fourth-order valence-corrected chi connectivity index (χ4v) is 4.10. The van der Waals surface area contributed by atoms with Gasteiger partial charge in [0.25, 0.3) is 0 Å². The minimum Gasteiger partial charge on any atom is -0.355 e. The summed E-state index contributed by atoms with van der Waals surface area (Å²) >= 11 is 1.55. The van der Waals surface area contributed by atoms with Gasteiger partial charge in [-0.05, 0) is 90.8 Å². The molecule has 6 nitrogen and oxygen atoms in total. The van der Waals surface area contributed by atoms with Gasteiger partial charge < -0.3 is 15.4 Å². The van der Waals surface area contributed by atoms with Gasteiger partial charge >= 0.3 is 0 Å². The lowest BCUT2D eigenvalue weighted by atomic mass is 10.1. The van der Waals surface area contributed by atoms with Gasteiger partial charge in [-0.3, -0.25) is 9.97 Å². The van der Waals surface area contributed by atoms with Crippen LogP contribution in [-0.4, -0.2) is 9.97 Å². The molecule has 0 aliphatic heterocycles. The zero-order chi connectivity index (χ0) is 23.2. The van der Waals surface area contributed by atoms with Crippen molar-refractivity contribution in [2.24, 2.45) is 0 Å². The maximum Gasteiger partial charge on any atom is 0.0991 e. The number of fused-ring (bicyclic) bond motifs is 1. The van der Waals surface area contributed by atoms with Crippen LogP contribution in [-0.2, 0) is 0 Å². The van der Waals surface area contributed by atoms with Gasteiger partial charge in [-0.2, -0.15) is 5.26 Å². The Morgan fingerprint density at radius 2 is 1.50 bits per heavy atom. The van der Waals surface area contributed by atoms with Crippen LogP contribution in [0.1, 0.15) is 5.56 Å². The van der Waals surface area contributed by atoms with Crippen LogP contribution in [0, 0.1) is 11.3 Å². The molecule has 0 fully saturated rings. The molecule has 0 amide bonds. The van der Waals surface area contributed by atoms with Gasteiger partial charge in [0.1, 0.15) is 0 Å². The lowest BCUT2D eigenvalue weighted by Crippen LogP contribution is -1.94. The molecule has 5 rings (SSSR count). The number of aromatic nitrogens is 2. The highest BCUT2D eigenvalue weighted by molar-refractivity contribution is 8.00. The molecule has 0 radical (unpaired) electrons. The molecule has 2 aromatic heterocycles. The monoisotopic (exact) mass is 460 g/mol. The number of nitriles is 1. The van der Waals surface area contributed by atoms with Crippen LogP contribution >= 0.6 is 11.9 Å². The van der Waals surface area contributed by atoms with Gasteiger partial charge in [0, 0.05) is 57.3 Å². The van der Waals surface area contributed by atoms with Gasteiger partial charge in [-0.1, -0.05) is 6.07 Å². The highest BCUT2D eigenvalue weighted by Crippen LogP contribution is 2.29. The fraction of sp³-hybridized carbons (Fsp3) is 0. The number of hydrogen-bond acceptors (Lipinski definition) is 7. The summed E-state index contributed by atoms with van der Waals surface area (Å²) in [6, 6.07) is 29.8. The van der Waals surface area contributed by atoms with Crippen LogP contribution in [0.5, 0.6) is 0 Å². The Balaban J connectivity index is 1.24. The van der Waals surface area contributed by atoms with E-state index in [4.69, 9.17) is 0 Å². The predicted molar refractivity (Wildman–Crippen MR) is 140 cm³/mol. The number of anilines is 5. The molecule has 3 aromatic carbocycles. The Kier molecular flexibility index (Phi) is 6.23. The SMILES string of the molecule is N#Cc1ccc2nccc(Nc3ccc(SNc4cccc(Nc5ccncc5)c4)cc3)c2c1. The third kappa shape index (κ3) is 5.09. The van der Waals surface area contributed by atoms with Crippen molar-refractivity contribution in [2.45, 2.75) is 4.90 Å². The summed E-state index contributed by atoms with van der Waals surface area (Å²) in [6.07, 6.45) is 5.29. The molecule has 0 atom stereocenters. The average Bonchev–Trinajstić information content (AvgIpc) is 2.89. The first-order chi connectivity index (χ1) is 16.8. The van der Waals surface area contributed by atoms with Crippen LogP contribution in [0.3, 0.4) is 0 Å². The molecule has 0 unspecified atom stereocenters. The first-order valence-electron chi connectivity index (χ1n) is 10.6. The van der Waals surface area contributed by atoms with Crippen molar-refractivity contribution in [1.29, 1.82) is 5.26 Å². The number of pyridine rings is 2. The standard InChI is InChI=1S/C27H20N6S/c28-18-19-4-9-26-25(16-19)27(12-15-30-26)32-20-5-7-24(8-6-20)34-33-23-3-1-2-22(17-23)31-21-10-13-29-14-11-21/h1-17,33H,(H,29,31)(H,30,32). The molecule has 0 aliphatic carbocycles. The molecule has 0 saturated heterocycles. The Hall–Kier alpha value is -4.54. The molecular weight excluding hydrogens is 440 g/mol. The number of rotatable bonds is 7. The van der Waals surface area contributed by atoms with Crippen molar-refractivity contribution < 1.29 is 0 Å². The normalized spacial score (nSPS) is 10.4. The van der Waals surface area contributed by atoms with Gasteiger partial charge in [0.2, 0.25) is 0 Å². The first kappa shape index (κ1) is 21.3. The van der Waals surface area contributed by atoms with Crippen LogP contribution in [0.2, 0.25) is 0 Å². The minimum absolute atomic E-state index is 0.612. The zero-order valence-corrected chi connectivity index (χ0v) is 18.9. The van der Waals surface area contributed by atoms with Crippen molar-refractivity contribution in [3.63, 3.8) is 0 Å². The lowest BCUT2D eigenvalue weighted by molar-refractivity contribution is 1.32. The highest BCUT2D eigenvalue weighted by Gasteiger charge is 2.05. The van der Waals surface area contributed by atoms with E-state index in [-0.39, 0.29) is 0 Å². The summed E-state index contributed by atoms with van der Waals surface area (Å²) in [7, 11) is 0. The lowest BCUT2D eigenvalue weighted by Gasteiger charge is -2.11. The Morgan fingerprint density at radius 1 is 0.706 bits per heavy atom. The molecule has 2 heterocycles. The summed E-state index contributed by atoms with van der Waals surface area (Å²) in [5.41, 5.74) is 6.33. The summed E-state index contributed by atoms with van der Waals surface area (Å²) < 4.78 is 3.40. The van der Waals surface area contributed by atoms with E-state index in [9.17, 15) is 5.26 Å². The first-order valence-corrected chi connectivity index (χ1v) is 11.4. The second-order valence-corrected chi connectivity index (χ2v) is 8.38. The number of nitrogens with one attached hydrogen (secondary N) is 3. The summed E-state index contributed by atoms with van der Waals surface area (Å²) in [4.78, 5) is 9.52. The van der Waals surface area contributed by atoms with Gasteiger partial charge in [-0.15, -0.1) is 0 Å². The van der Waals surface area contributed by atoms with Crippen molar-refractivity contribution in [2.75, 3.05) is 15.4 Å². The maximum atomic E-state index is 9.22. The number of benzene rings is 3. The predicted octanol–water partition coefficient (Wildman–Crippen LogP) is 7.11. The molecule has 34 heavy (non-hydrogen) atoms. The fourth-order valence-electron chi connectivity index (χ4n) is 3.47. The summed E-state index contributed by atoms with van der Waals surface area (Å²) in [6.45, 7) is 0. The van der Waals surface area contributed by atoms with Gasteiger partial charge in [0.15, 0.2) is 0 Å². The van der Waals surface area contributed by atoms with E-state index in [2.05, 4.69) is 49.6 Å². The quantitative estimate of drug-likeness (QED) is 0.223. The maximum absolute atomic E-state index is 9.22. The van der Waals surface area contributed by atoms with Crippen LogP contribution in [0.15, 0.2) is 108 Å². The molecule has 3 N–H and O–H groups in total. The minimum atomic E-state index is 0.612. The number of nitrogens with zero attached hydrogens (tertiary/aromatic N) is 3. The topological polar surface area (TPSA) is 85.7 Å². The average molecular weight is 461 g/mol. The summed E-state index contributed by atoms with van der Waals surface area (Å²) in [5, 5.41) is 16.9. The van der Waals surface area contributed by atoms with Crippen LogP contribution < -0.4 is 15.4 Å². The van der Waals surface area contributed by atoms with E-state index in [0.717, 1.165) is 44.2 Å². The second-order valence-electron chi connectivity index (χ2n) is 7.50. The van der Waals surface area contributed by atoms with E-state index in [1.54, 1.807) is 36.6 Å². The van der Waals surface area contributed by atoms with Crippen molar-refractivity contribution in [3.05, 3.63) is 109 Å². The molecule has 0 bridgehead atoms. The zero-order valence-electron chi connectivity index (χ0n) is 18.1. The van der Waals surface area contributed by atoms with E-state index < -0.39 is 0 Å². The van der Waals surface area contributed by atoms with E-state index >= 15 is 0 Å². The Bertz CT molecular complexity index is 1460. The van der Waals surface area contributed by atoms with Crippen LogP contribution in [0.4, 0.5) is 28.4 Å². The Morgan fingerprint density at radius 3 is 2.32 bits per heavy atom. The molecule has 0 saturated carbocycles. The Labute approximate surface area is 201 Å². The van der Waals surface area contributed by atoms with E-state index in [0.29, 0.717) is 5.56 Å². The highest BCUT2D eigenvalue weighted by atomic mass is 32.2. The molecular formula is C27H20N6S. The van der Waals surface area contributed by atoms with Crippen molar-refractivity contribution >= 4 is 51.3 Å². The smallest absolute Gasteiger partial charge is 0.0991 e. The third-order valence-electron chi connectivity index (χ3n) is 5.12. The van der Waals surface area contributed by atoms with Crippen LogP contribution in [0.25, 0.3) is 10.9 Å². The van der Waals surface area contributed by atoms with Gasteiger partial charge in [0.05, 0.1) is 17.1 Å². The third-order valence-corrected chi connectivity index (χ3v) is 5.97. The van der Waals surface area contributed by atoms with Crippen molar-refractivity contribution in [1.82, 2.24) is 9.97 Å². The van der Waals surface area contributed by atoms with Gasteiger partial charge in [-0.25, -0.2) is 0 Å². The second kappa shape index (κ2) is 9.94.